The minimum absolute atomic E-state index is 0.0437. The summed E-state index contributed by atoms with van der Waals surface area (Å²) >= 11 is 0. The molecule has 2 atom stereocenters. The van der Waals surface area contributed by atoms with E-state index in [1.807, 2.05) is 11.8 Å². The number of nitrogens with zero attached hydrogens (tertiary/aromatic N) is 1. The third kappa shape index (κ3) is 3.68. The van der Waals surface area contributed by atoms with Crippen LogP contribution in [0.2, 0.25) is 0 Å². The van der Waals surface area contributed by atoms with Crippen LogP contribution in [0, 0.1) is 5.41 Å². The van der Waals surface area contributed by atoms with Gasteiger partial charge in [-0.3, -0.25) is 4.90 Å². The van der Waals surface area contributed by atoms with Crippen LogP contribution in [0.3, 0.4) is 0 Å². The fourth-order valence-electron chi connectivity index (χ4n) is 2.22. The highest BCUT2D eigenvalue weighted by atomic mass is 19.3. The number of rotatable bonds is 2. The van der Waals surface area contributed by atoms with Crippen LogP contribution in [0.25, 0.3) is 0 Å². The molecule has 2 nitrogen and oxygen atoms in total. The average molecular weight is 220 g/mol. The van der Waals surface area contributed by atoms with Gasteiger partial charge in [0.15, 0.2) is 0 Å². The van der Waals surface area contributed by atoms with Crippen LogP contribution in [-0.2, 0) is 0 Å². The quantitative estimate of drug-likeness (QED) is 0.765. The fourth-order valence-corrected chi connectivity index (χ4v) is 2.22. The van der Waals surface area contributed by atoms with Gasteiger partial charge < -0.3 is 5.32 Å². The lowest BCUT2D eigenvalue weighted by molar-refractivity contribution is 0.00763. The van der Waals surface area contributed by atoms with Crippen molar-refractivity contribution >= 4 is 0 Å². The first-order chi connectivity index (χ1) is 6.80. The lowest BCUT2D eigenvalue weighted by atomic mass is 9.84. The molecule has 0 spiro atoms. The summed E-state index contributed by atoms with van der Waals surface area (Å²) in [5.74, 6) is 0. The summed E-state index contributed by atoms with van der Waals surface area (Å²) in [6.07, 6.45) is -2.24. The number of hydrogen-bond donors (Lipinski definition) is 1. The zero-order chi connectivity index (χ0) is 11.6. The predicted molar refractivity (Wildman–Crippen MR) is 58.3 cm³/mol. The molecular weight excluding hydrogens is 198 g/mol. The minimum Gasteiger partial charge on any atom is -0.311 e. The Morgan fingerprint density at radius 3 is 2.47 bits per heavy atom. The molecule has 0 amide bonds. The smallest absolute Gasteiger partial charge is 0.251 e. The van der Waals surface area contributed by atoms with E-state index in [4.69, 9.17) is 0 Å². The number of hydrogen-bond acceptors (Lipinski definition) is 2. The lowest BCUT2D eigenvalue weighted by Gasteiger charge is -2.45. The van der Waals surface area contributed by atoms with E-state index in [0.29, 0.717) is 12.6 Å². The van der Waals surface area contributed by atoms with E-state index >= 15 is 0 Å². The maximum Gasteiger partial charge on any atom is 0.251 e. The summed E-state index contributed by atoms with van der Waals surface area (Å²) in [4.78, 5) is 1.92. The SMILES string of the molecule is CC1CN(CC(F)F)C(C(C)(C)C)CN1. The van der Waals surface area contributed by atoms with Crippen molar-refractivity contribution in [1.82, 2.24) is 10.2 Å². The van der Waals surface area contributed by atoms with Gasteiger partial charge in [0, 0.05) is 25.2 Å². The van der Waals surface area contributed by atoms with Gasteiger partial charge in [-0.15, -0.1) is 0 Å². The summed E-state index contributed by atoms with van der Waals surface area (Å²) in [5, 5.41) is 3.36. The van der Waals surface area contributed by atoms with Crippen LogP contribution >= 0.6 is 0 Å². The molecule has 1 aliphatic heterocycles. The maximum absolute atomic E-state index is 12.4. The van der Waals surface area contributed by atoms with Crippen molar-refractivity contribution in [3.8, 4) is 0 Å². The molecule has 90 valence electrons. The van der Waals surface area contributed by atoms with E-state index < -0.39 is 6.43 Å². The minimum atomic E-state index is -2.24. The molecule has 4 heteroatoms. The summed E-state index contributed by atoms with van der Waals surface area (Å²) in [6, 6.07) is 0.505. The first kappa shape index (κ1) is 12.8. The van der Waals surface area contributed by atoms with Gasteiger partial charge in [-0.1, -0.05) is 20.8 Å². The fraction of sp³-hybridized carbons (Fsp3) is 1.00. The molecular formula is C11H22F2N2. The Bertz CT molecular complexity index is 199. The normalized spacial score (nSPS) is 29.8. The van der Waals surface area contributed by atoms with Gasteiger partial charge >= 0.3 is 0 Å². The Morgan fingerprint density at radius 2 is 2.00 bits per heavy atom. The molecule has 1 rings (SSSR count). The zero-order valence-electron chi connectivity index (χ0n) is 10.1. The molecule has 1 heterocycles. The van der Waals surface area contributed by atoms with Gasteiger partial charge in [0.25, 0.3) is 6.43 Å². The number of halogens is 2. The molecule has 15 heavy (non-hydrogen) atoms. The largest absolute Gasteiger partial charge is 0.311 e. The Hall–Kier alpha value is -0.220. The second-order valence-corrected chi connectivity index (χ2v) is 5.54. The van der Waals surface area contributed by atoms with Crippen LogP contribution in [0.4, 0.5) is 8.78 Å². The number of alkyl halides is 2. The first-order valence-corrected chi connectivity index (χ1v) is 5.56. The molecule has 1 N–H and O–H groups in total. The van der Waals surface area contributed by atoms with Crippen LogP contribution in [-0.4, -0.2) is 43.0 Å². The molecule has 0 saturated carbocycles. The molecule has 2 unspecified atom stereocenters. The van der Waals surface area contributed by atoms with Crippen LogP contribution in [0.1, 0.15) is 27.7 Å². The highest BCUT2D eigenvalue weighted by Gasteiger charge is 2.35. The van der Waals surface area contributed by atoms with Gasteiger partial charge in [-0.2, -0.15) is 0 Å². The maximum atomic E-state index is 12.4. The first-order valence-electron chi connectivity index (χ1n) is 5.56. The Morgan fingerprint density at radius 1 is 1.40 bits per heavy atom. The molecule has 1 fully saturated rings. The lowest BCUT2D eigenvalue weighted by Crippen LogP contribution is -2.60. The number of nitrogens with one attached hydrogen (secondary N) is 1. The molecule has 0 aromatic rings. The molecule has 0 radical (unpaired) electrons. The standard InChI is InChI=1S/C11H22F2N2/c1-8-6-15(7-10(12)13)9(5-14-8)11(2,3)4/h8-10,14H,5-7H2,1-4H3. The second kappa shape index (κ2) is 4.74. The highest BCUT2D eigenvalue weighted by molar-refractivity contribution is 4.91. The zero-order valence-corrected chi connectivity index (χ0v) is 10.1. The Balaban J connectivity index is 2.66. The predicted octanol–water partition coefficient (Wildman–Crippen LogP) is 1.96. The van der Waals surface area contributed by atoms with E-state index in [2.05, 4.69) is 26.1 Å². The van der Waals surface area contributed by atoms with Crippen molar-refractivity contribution in [3.63, 3.8) is 0 Å². The van der Waals surface area contributed by atoms with Gasteiger partial charge in [-0.25, -0.2) is 8.78 Å². The van der Waals surface area contributed by atoms with E-state index in [0.717, 1.165) is 6.54 Å². The Kier molecular flexibility index (Phi) is 4.06. The average Bonchev–Trinajstić information content (AvgIpc) is 1.99. The van der Waals surface area contributed by atoms with Gasteiger partial charge in [0.2, 0.25) is 0 Å². The van der Waals surface area contributed by atoms with Crippen LogP contribution in [0.15, 0.2) is 0 Å². The molecule has 0 bridgehead atoms. The molecule has 0 aromatic heterocycles. The van der Waals surface area contributed by atoms with Crippen molar-refractivity contribution in [2.24, 2.45) is 5.41 Å². The highest BCUT2D eigenvalue weighted by Crippen LogP contribution is 2.26. The molecule has 1 saturated heterocycles. The molecule has 1 aliphatic rings. The third-order valence-corrected chi connectivity index (χ3v) is 2.98. The van der Waals surface area contributed by atoms with Gasteiger partial charge in [0.1, 0.15) is 0 Å². The van der Waals surface area contributed by atoms with Crippen LogP contribution < -0.4 is 5.32 Å². The van der Waals surface area contributed by atoms with E-state index in [1.54, 1.807) is 0 Å². The summed E-state index contributed by atoms with van der Waals surface area (Å²) in [7, 11) is 0. The van der Waals surface area contributed by atoms with Crippen molar-refractivity contribution in [1.29, 1.82) is 0 Å². The molecule has 0 aliphatic carbocycles. The topological polar surface area (TPSA) is 15.3 Å². The second-order valence-electron chi connectivity index (χ2n) is 5.54. The summed E-state index contributed by atoms with van der Waals surface area (Å²) in [5.41, 5.74) is 0.0437. The summed E-state index contributed by atoms with van der Waals surface area (Å²) in [6.45, 7) is 9.77. The van der Waals surface area contributed by atoms with Crippen molar-refractivity contribution in [2.75, 3.05) is 19.6 Å². The van der Waals surface area contributed by atoms with Gasteiger partial charge in [-0.05, 0) is 12.3 Å². The number of piperazine rings is 1. The van der Waals surface area contributed by atoms with Gasteiger partial charge in [0.05, 0.1) is 6.54 Å². The monoisotopic (exact) mass is 220 g/mol. The van der Waals surface area contributed by atoms with E-state index in [9.17, 15) is 8.78 Å². The third-order valence-electron chi connectivity index (χ3n) is 2.98. The van der Waals surface area contributed by atoms with E-state index in [1.165, 1.54) is 0 Å². The molecule has 0 aromatic carbocycles. The van der Waals surface area contributed by atoms with Crippen molar-refractivity contribution in [2.45, 2.75) is 46.2 Å². The Labute approximate surface area is 91.0 Å². The van der Waals surface area contributed by atoms with Crippen LogP contribution in [0.5, 0.6) is 0 Å². The summed E-state index contributed by atoms with van der Waals surface area (Å²) < 4.78 is 24.9. The van der Waals surface area contributed by atoms with E-state index in [-0.39, 0.29) is 18.0 Å². The van der Waals surface area contributed by atoms with Crippen molar-refractivity contribution < 1.29 is 8.78 Å². The van der Waals surface area contributed by atoms with Crippen molar-refractivity contribution in [3.05, 3.63) is 0 Å².